The van der Waals surface area contributed by atoms with Crippen molar-refractivity contribution in [2.75, 3.05) is 13.2 Å². The second-order valence-electron chi connectivity index (χ2n) is 6.79. The highest BCUT2D eigenvalue weighted by Gasteiger charge is 2.22. The third kappa shape index (κ3) is 3.93. The maximum absolute atomic E-state index is 13.0. The first-order valence-corrected chi connectivity index (χ1v) is 9.63. The van der Waals surface area contributed by atoms with Crippen LogP contribution in [0.25, 0.3) is 11.0 Å². The molecule has 1 aliphatic heterocycles. The number of fused-ring (bicyclic) bond motifs is 1. The van der Waals surface area contributed by atoms with Crippen LogP contribution in [-0.4, -0.2) is 40.5 Å². The number of amides is 1. The van der Waals surface area contributed by atoms with Crippen molar-refractivity contribution in [3.8, 4) is 0 Å². The molecule has 1 atom stereocenters. The van der Waals surface area contributed by atoms with Crippen molar-refractivity contribution in [1.29, 1.82) is 0 Å². The van der Waals surface area contributed by atoms with Crippen molar-refractivity contribution in [3.05, 3.63) is 64.9 Å². The summed E-state index contributed by atoms with van der Waals surface area (Å²) in [7, 11) is 0. The van der Waals surface area contributed by atoms with Crippen LogP contribution in [0.3, 0.4) is 0 Å². The van der Waals surface area contributed by atoms with Crippen molar-refractivity contribution in [1.82, 2.24) is 14.9 Å². The van der Waals surface area contributed by atoms with Crippen LogP contribution in [-0.2, 0) is 16.1 Å². The van der Waals surface area contributed by atoms with Gasteiger partial charge in [-0.3, -0.25) is 9.59 Å². The molecule has 0 aliphatic carbocycles. The number of aromatic nitrogens is 2. The molecule has 3 aromatic rings. The lowest BCUT2D eigenvalue weighted by molar-refractivity contribution is -0.122. The largest absolute Gasteiger partial charge is 0.376 e. The van der Waals surface area contributed by atoms with Gasteiger partial charge in [-0.05, 0) is 49.2 Å². The molecule has 0 radical (unpaired) electrons. The first kappa shape index (κ1) is 18.7. The maximum Gasteiger partial charge on any atom is 0.240 e. The molecule has 144 valence electrons. The van der Waals surface area contributed by atoms with Crippen molar-refractivity contribution in [2.45, 2.75) is 25.5 Å². The third-order valence-electron chi connectivity index (χ3n) is 4.82. The molecule has 0 spiro atoms. The van der Waals surface area contributed by atoms with Crippen LogP contribution in [0, 0.1) is 0 Å². The molecule has 1 saturated heterocycles. The molecule has 1 aromatic heterocycles. The molecule has 4 rings (SSSR count). The molecule has 0 bridgehead atoms. The Hall–Kier alpha value is -2.70. The van der Waals surface area contributed by atoms with E-state index in [4.69, 9.17) is 16.3 Å². The van der Waals surface area contributed by atoms with Gasteiger partial charge in [0.2, 0.25) is 11.7 Å². The van der Waals surface area contributed by atoms with Gasteiger partial charge in [0, 0.05) is 23.7 Å². The lowest BCUT2D eigenvalue weighted by Crippen LogP contribution is -2.34. The molecule has 1 fully saturated rings. The minimum atomic E-state index is -0.250. The first-order chi connectivity index (χ1) is 13.6. The number of benzene rings is 2. The second-order valence-corrected chi connectivity index (χ2v) is 7.22. The summed E-state index contributed by atoms with van der Waals surface area (Å²) in [4.78, 5) is 30.0. The van der Waals surface area contributed by atoms with Crippen LogP contribution in [0.4, 0.5) is 0 Å². The van der Waals surface area contributed by atoms with E-state index in [2.05, 4.69) is 10.3 Å². The van der Waals surface area contributed by atoms with Gasteiger partial charge in [-0.2, -0.15) is 0 Å². The first-order valence-electron chi connectivity index (χ1n) is 9.25. The maximum atomic E-state index is 13.0. The van der Waals surface area contributed by atoms with Crippen molar-refractivity contribution >= 4 is 34.3 Å². The van der Waals surface area contributed by atoms with Gasteiger partial charge in [-0.25, -0.2) is 4.98 Å². The molecule has 7 heteroatoms. The van der Waals surface area contributed by atoms with E-state index < -0.39 is 0 Å². The Morgan fingerprint density at radius 3 is 2.71 bits per heavy atom. The number of nitrogens with zero attached hydrogens (tertiary/aromatic N) is 2. The van der Waals surface area contributed by atoms with Crippen LogP contribution in [0.2, 0.25) is 5.02 Å². The summed E-state index contributed by atoms with van der Waals surface area (Å²) in [5, 5.41) is 3.45. The molecular formula is C21H20ClN3O3. The Kier molecular flexibility index (Phi) is 5.41. The fraction of sp³-hybridized carbons (Fsp3) is 0.286. The second kappa shape index (κ2) is 8.12. The van der Waals surface area contributed by atoms with Gasteiger partial charge >= 0.3 is 0 Å². The highest BCUT2D eigenvalue weighted by atomic mass is 35.5. The molecule has 0 saturated carbocycles. The minimum absolute atomic E-state index is 0.0158. The van der Waals surface area contributed by atoms with E-state index >= 15 is 0 Å². The number of ketones is 1. The smallest absolute Gasteiger partial charge is 0.240 e. The average molecular weight is 398 g/mol. The van der Waals surface area contributed by atoms with E-state index in [1.807, 2.05) is 24.3 Å². The molecular weight excluding hydrogens is 378 g/mol. The average Bonchev–Trinajstić information content (AvgIpc) is 3.35. The number of carbonyl (C=O) groups excluding carboxylic acids is 2. The molecule has 28 heavy (non-hydrogen) atoms. The molecule has 6 nitrogen and oxygen atoms in total. The van der Waals surface area contributed by atoms with Crippen molar-refractivity contribution in [2.24, 2.45) is 0 Å². The lowest BCUT2D eigenvalue weighted by atomic mass is 10.1. The highest BCUT2D eigenvalue weighted by Crippen LogP contribution is 2.20. The standard InChI is InChI=1S/C21H20ClN3O3/c22-15-9-7-14(8-10-15)20(27)21-24-17-5-1-2-6-18(17)25(21)13-19(26)23-12-16-4-3-11-28-16/h1-2,5-10,16H,3-4,11-13H2,(H,23,26). The van der Waals surface area contributed by atoms with Gasteiger partial charge < -0.3 is 14.6 Å². The van der Waals surface area contributed by atoms with Gasteiger partial charge in [0.1, 0.15) is 6.54 Å². The van der Waals surface area contributed by atoms with E-state index in [9.17, 15) is 9.59 Å². The Balaban J connectivity index is 1.60. The van der Waals surface area contributed by atoms with Crippen LogP contribution >= 0.6 is 11.6 Å². The Bertz CT molecular complexity index is 1010. The van der Waals surface area contributed by atoms with Crippen LogP contribution in [0.15, 0.2) is 48.5 Å². The predicted octanol–water partition coefficient (Wildman–Crippen LogP) is 3.22. The van der Waals surface area contributed by atoms with Crippen LogP contribution in [0.1, 0.15) is 29.0 Å². The quantitative estimate of drug-likeness (QED) is 0.648. The summed E-state index contributed by atoms with van der Waals surface area (Å²) in [6.07, 6.45) is 2.04. The number of hydrogen-bond donors (Lipinski definition) is 1. The Morgan fingerprint density at radius 2 is 1.96 bits per heavy atom. The lowest BCUT2D eigenvalue weighted by Gasteiger charge is -2.12. The number of hydrogen-bond acceptors (Lipinski definition) is 4. The van der Waals surface area contributed by atoms with Gasteiger partial charge in [0.05, 0.1) is 17.1 Å². The summed E-state index contributed by atoms with van der Waals surface area (Å²) in [5.74, 6) is -0.195. The van der Waals surface area contributed by atoms with E-state index in [0.29, 0.717) is 22.6 Å². The summed E-state index contributed by atoms with van der Waals surface area (Å²) in [5.41, 5.74) is 1.89. The highest BCUT2D eigenvalue weighted by molar-refractivity contribution is 6.30. The summed E-state index contributed by atoms with van der Waals surface area (Å²) in [6.45, 7) is 1.24. The van der Waals surface area contributed by atoms with E-state index in [0.717, 1.165) is 25.0 Å². The van der Waals surface area contributed by atoms with E-state index in [1.165, 1.54) is 0 Å². The molecule has 2 heterocycles. The monoisotopic (exact) mass is 397 g/mol. The van der Waals surface area contributed by atoms with E-state index in [1.54, 1.807) is 28.8 Å². The predicted molar refractivity (Wildman–Crippen MR) is 107 cm³/mol. The van der Waals surface area contributed by atoms with Crippen LogP contribution in [0.5, 0.6) is 0 Å². The van der Waals surface area contributed by atoms with Gasteiger partial charge in [0.15, 0.2) is 5.82 Å². The number of halogens is 1. The number of carbonyl (C=O) groups is 2. The normalized spacial score (nSPS) is 16.4. The Morgan fingerprint density at radius 1 is 1.18 bits per heavy atom. The number of ether oxygens (including phenoxy) is 1. The summed E-state index contributed by atoms with van der Waals surface area (Å²) < 4.78 is 7.20. The fourth-order valence-corrected chi connectivity index (χ4v) is 3.50. The minimum Gasteiger partial charge on any atom is -0.376 e. The molecule has 2 aromatic carbocycles. The van der Waals surface area contributed by atoms with E-state index in [-0.39, 0.29) is 30.2 Å². The summed E-state index contributed by atoms with van der Waals surface area (Å²) in [6, 6.07) is 14.0. The third-order valence-corrected chi connectivity index (χ3v) is 5.07. The van der Waals surface area contributed by atoms with Crippen LogP contribution < -0.4 is 5.32 Å². The molecule has 1 amide bonds. The number of imidazole rings is 1. The number of nitrogens with one attached hydrogen (secondary N) is 1. The number of rotatable bonds is 6. The molecule has 1 N–H and O–H groups in total. The fourth-order valence-electron chi connectivity index (χ4n) is 3.37. The van der Waals surface area contributed by atoms with Crippen molar-refractivity contribution < 1.29 is 14.3 Å². The van der Waals surface area contributed by atoms with Gasteiger partial charge in [0.25, 0.3) is 0 Å². The zero-order valence-electron chi connectivity index (χ0n) is 15.2. The molecule has 1 unspecified atom stereocenters. The van der Waals surface area contributed by atoms with Gasteiger partial charge in [-0.15, -0.1) is 0 Å². The summed E-state index contributed by atoms with van der Waals surface area (Å²) >= 11 is 5.92. The number of para-hydroxylation sites is 2. The zero-order chi connectivity index (χ0) is 19.5. The van der Waals surface area contributed by atoms with Crippen molar-refractivity contribution in [3.63, 3.8) is 0 Å². The SMILES string of the molecule is O=C(Cn1c(C(=O)c2ccc(Cl)cc2)nc2ccccc21)NCC1CCCO1. The zero-order valence-corrected chi connectivity index (χ0v) is 16.0. The topological polar surface area (TPSA) is 73.2 Å². The molecule has 1 aliphatic rings. The Labute approximate surface area is 167 Å². The van der Waals surface area contributed by atoms with Gasteiger partial charge in [-0.1, -0.05) is 23.7 Å².